The number of methoxy groups -OCH3 is 1. The molecule has 0 saturated carbocycles. The van der Waals surface area contributed by atoms with Crippen LogP contribution in [-0.2, 0) is 14.6 Å². The first-order chi connectivity index (χ1) is 5.62. The topological polar surface area (TPSA) is 55.4 Å². The summed E-state index contributed by atoms with van der Waals surface area (Å²) in [7, 11) is -1.19. The van der Waals surface area contributed by atoms with Gasteiger partial charge in [-0.2, -0.15) is 0 Å². The van der Waals surface area contributed by atoms with Crippen LogP contribution in [0.2, 0.25) is 0 Å². The lowest BCUT2D eigenvalue weighted by atomic mass is 10.6. The fourth-order valence-corrected chi connectivity index (χ4v) is 1.42. The Bertz CT molecular complexity index is 189. The van der Waals surface area contributed by atoms with E-state index in [9.17, 15) is 8.42 Å². The van der Waals surface area contributed by atoms with E-state index in [2.05, 4.69) is 5.32 Å². The van der Waals surface area contributed by atoms with Gasteiger partial charge in [0, 0.05) is 26.0 Å². The minimum atomic E-state index is -2.81. The van der Waals surface area contributed by atoms with Crippen molar-refractivity contribution in [1.82, 2.24) is 5.32 Å². The Morgan fingerprint density at radius 1 is 1.33 bits per heavy atom. The fraction of sp³-hybridized carbons (Fsp3) is 1.00. The first-order valence-electron chi connectivity index (χ1n) is 4.02. The molecule has 0 aliphatic rings. The maximum atomic E-state index is 11.0. The van der Waals surface area contributed by atoms with Crippen molar-refractivity contribution in [3.05, 3.63) is 0 Å². The maximum absolute atomic E-state index is 11.0. The van der Waals surface area contributed by atoms with Gasteiger partial charge in [0.2, 0.25) is 0 Å². The average Bonchev–Trinajstić information content (AvgIpc) is 2.04. The average molecular weight is 195 g/mol. The molecule has 0 aromatic carbocycles. The van der Waals surface area contributed by atoms with E-state index in [-0.39, 0.29) is 11.5 Å². The molecular formula is C7H17NO3S. The van der Waals surface area contributed by atoms with Crippen LogP contribution in [0, 0.1) is 0 Å². The molecule has 74 valence electrons. The standard InChI is InChI=1S/C7H17NO3S/c1-3-12(9,10)7-5-8-4-6-11-2/h8H,3-7H2,1-2H3. The van der Waals surface area contributed by atoms with E-state index in [1.165, 1.54) is 0 Å². The van der Waals surface area contributed by atoms with Crippen LogP contribution in [0.25, 0.3) is 0 Å². The minimum Gasteiger partial charge on any atom is -0.383 e. The van der Waals surface area contributed by atoms with Gasteiger partial charge >= 0.3 is 0 Å². The van der Waals surface area contributed by atoms with E-state index in [1.807, 2.05) is 0 Å². The maximum Gasteiger partial charge on any atom is 0.151 e. The molecule has 0 aromatic rings. The molecule has 1 N–H and O–H groups in total. The zero-order chi connectivity index (χ0) is 9.45. The predicted molar refractivity (Wildman–Crippen MR) is 49.1 cm³/mol. The fourth-order valence-electron chi connectivity index (χ4n) is 0.671. The van der Waals surface area contributed by atoms with Crippen molar-refractivity contribution in [2.24, 2.45) is 0 Å². The second kappa shape index (κ2) is 6.39. The Kier molecular flexibility index (Phi) is 6.32. The third kappa shape index (κ3) is 6.57. The Hall–Kier alpha value is -0.130. The summed E-state index contributed by atoms with van der Waals surface area (Å²) in [6.45, 7) is 3.49. The van der Waals surface area contributed by atoms with Crippen LogP contribution in [0.4, 0.5) is 0 Å². The van der Waals surface area contributed by atoms with Gasteiger partial charge in [-0.3, -0.25) is 0 Å². The molecule has 0 rings (SSSR count). The first-order valence-corrected chi connectivity index (χ1v) is 5.84. The first kappa shape index (κ1) is 11.9. The van der Waals surface area contributed by atoms with Crippen molar-refractivity contribution in [2.45, 2.75) is 6.92 Å². The van der Waals surface area contributed by atoms with Gasteiger partial charge in [-0.1, -0.05) is 6.92 Å². The Morgan fingerprint density at radius 2 is 2.00 bits per heavy atom. The highest BCUT2D eigenvalue weighted by Gasteiger charge is 2.05. The van der Waals surface area contributed by atoms with Gasteiger partial charge in [-0.05, 0) is 0 Å². The van der Waals surface area contributed by atoms with Crippen LogP contribution in [0.1, 0.15) is 6.92 Å². The quantitative estimate of drug-likeness (QED) is 0.565. The van der Waals surface area contributed by atoms with E-state index >= 15 is 0 Å². The van der Waals surface area contributed by atoms with E-state index in [0.717, 1.165) is 0 Å². The number of rotatable bonds is 7. The van der Waals surface area contributed by atoms with Crippen LogP contribution in [0.3, 0.4) is 0 Å². The lowest BCUT2D eigenvalue weighted by Crippen LogP contribution is -2.26. The number of nitrogens with one attached hydrogen (secondary N) is 1. The number of hydrogen-bond donors (Lipinski definition) is 1. The van der Waals surface area contributed by atoms with Crippen LogP contribution < -0.4 is 5.32 Å². The molecule has 0 atom stereocenters. The SMILES string of the molecule is CCS(=O)(=O)CCNCCOC. The molecule has 0 bridgehead atoms. The third-order valence-corrected chi connectivity index (χ3v) is 3.22. The minimum absolute atomic E-state index is 0.215. The van der Waals surface area contributed by atoms with Crippen LogP contribution >= 0.6 is 0 Å². The van der Waals surface area contributed by atoms with E-state index in [1.54, 1.807) is 14.0 Å². The van der Waals surface area contributed by atoms with Crippen molar-refractivity contribution < 1.29 is 13.2 Å². The molecule has 5 heteroatoms. The molecule has 0 aliphatic heterocycles. The molecule has 0 heterocycles. The van der Waals surface area contributed by atoms with E-state index in [0.29, 0.717) is 19.7 Å². The summed E-state index contributed by atoms with van der Waals surface area (Å²) in [6.07, 6.45) is 0. The van der Waals surface area contributed by atoms with Gasteiger partial charge in [-0.15, -0.1) is 0 Å². The Balaban J connectivity index is 3.32. The van der Waals surface area contributed by atoms with Gasteiger partial charge in [-0.25, -0.2) is 8.42 Å². The molecule has 0 radical (unpaired) electrons. The summed E-state index contributed by atoms with van der Waals surface area (Å²) in [6, 6.07) is 0. The zero-order valence-electron chi connectivity index (χ0n) is 7.67. The number of sulfone groups is 1. The summed E-state index contributed by atoms with van der Waals surface area (Å²) in [5.41, 5.74) is 0. The summed E-state index contributed by atoms with van der Waals surface area (Å²) in [5.74, 6) is 0.437. The Labute approximate surface area is 74.2 Å². The van der Waals surface area contributed by atoms with Crippen LogP contribution in [0.5, 0.6) is 0 Å². The van der Waals surface area contributed by atoms with E-state index in [4.69, 9.17) is 4.74 Å². The zero-order valence-corrected chi connectivity index (χ0v) is 8.49. The molecule has 12 heavy (non-hydrogen) atoms. The smallest absolute Gasteiger partial charge is 0.151 e. The summed E-state index contributed by atoms with van der Waals surface area (Å²) in [5, 5.41) is 2.97. The predicted octanol–water partition coefficient (Wildman–Crippen LogP) is -0.343. The second-order valence-electron chi connectivity index (χ2n) is 2.48. The van der Waals surface area contributed by atoms with Crippen molar-refractivity contribution >= 4 is 9.84 Å². The molecule has 0 aliphatic carbocycles. The molecule has 0 aromatic heterocycles. The summed E-state index contributed by atoms with van der Waals surface area (Å²) in [4.78, 5) is 0. The number of hydrogen-bond acceptors (Lipinski definition) is 4. The van der Waals surface area contributed by atoms with Crippen molar-refractivity contribution in [3.8, 4) is 0 Å². The monoisotopic (exact) mass is 195 g/mol. The lowest BCUT2D eigenvalue weighted by molar-refractivity contribution is 0.200. The highest BCUT2D eigenvalue weighted by molar-refractivity contribution is 7.91. The van der Waals surface area contributed by atoms with Gasteiger partial charge in [0.05, 0.1) is 12.4 Å². The second-order valence-corrected chi connectivity index (χ2v) is 4.95. The van der Waals surface area contributed by atoms with Crippen LogP contribution in [0.15, 0.2) is 0 Å². The van der Waals surface area contributed by atoms with Crippen LogP contribution in [-0.4, -0.2) is 46.7 Å². The molecule has 0 fully saturated rings. The van der Waals surface area contributed by atoms with Crippen molar-refractivity contribution in [1.29, 1.82) is 0 Å². The molecule has 0 saturated heterocycles. The molecule has 0 unspecified atom stereocenters. The van der Waals surface area contributed by atoms with Crippen molar-refractivity contribution in [2.75, 3.05) is 38.3 Å². The lowest BCUT2D eigenvalue weighted by Gasteiger charge is -2.03. The third-order valence-electron chi connectivity index (χ3n) is 1.51. The van der Waals surface area contributed by atoms with Gasteiger partial charge in [0.15, 0.2) is 9.84 Å². The van der Waals surface area contributed by atoms with Crippen molar-refractivity contribution in [3.63, 3.8) is 0 Å². The summed E-state index contributed by atoms with van der Waals surface area (Å²) < 4.78 is 26.7. The normalized spacial score (nSPS) is 11.8. The van der Waals surface area contributed by atoms with Gasteiger partial charge < -0.3 is 10.1 Å². The molecule has 0 spiro atoms. The highest BCUT2D eigenvalue weighted by Crippen LogP contribution is 1.86. The van der Waals surface area contributed by atoms with Gasteiger partial charge in [0.1, 0.15) is 0 Å². The largest absolute Gasteiger partial charge is 0.383 e. The Morgan fingerprint density at radius 3 is 2.50 bits per heavy atom. The van der Waals surface area contributed by atoms with Gasteiger partial charge in [0.25, 0.3) is 0 Å². The summed E-state index contributed by atoms with van der Waals surface area (Å²) >= 11 is 0. The molecule has 4 nitrogen and oxygen atoms in total. The highest BCUT2D eigenvalue weighted by atomic mass is 32.2. The molecular weight excluding hydrogens is 178 g/mol. The van der Waals surface area contributed by atoms with E-state index < -0.39 is 9.84 Å². The molecule has 0 amide bonds. The number of ether oxygens (including phenoxy) is 1.